The van der Waals surface area contributed by atoms with Crippen molar-refractivity contribution >= 4 is 49.2 Å². The zero-order valence-corrected chi connectivity index (χ0v) is 17.0. The second-order valence-corrected chi connectivity index (χ2v) is 9.00. The first kappa shape index (κ1) is 16.8. The van der Waals surface area contributed by atoms with Crippen molar-refractivity contribution in [2.45, 2.75) is 18.8 Å². The van der Waals surface area contributed by atoms with Gasteiger partial charge in [-0.1, -0.05) is 65.1 Å². The number of thiazole rings is 1. The van der Waals surface area contributed by atoms with Crippen LogP contribution in [0.2, 0.25) is 0 Å². The van der Waals surface area contributed by atoms with Gasteiger partial charge in [-0.25, -0.2) is 14.5 Å². The van der Waals surface area contributed by atoms with Gasteiger partial charge in [0, 0.05) is 11.5 Å². The van der Waals surface area contributed by atoms with E-state index in [0.29, 0.717) is 5.92 Å². The zero-order valence-electron chi connectivity index (χ0n) is 15.3. The topological polar surface area (TPSA) is 67.5 Å². The maximum absolute atomic E-state index is 4.86. The molecule has 29 heavy (non-hydrogen) atoms. The molecule has 0 radical (unpaired) electrons. The van der Waals surface area contributed by atoms with Gasteiger partial charge in [0.1, 0.15) is 16.4 Å². The molecule has 0 bridgehead atoms. The number of imidazole rings is 1. The van der Waals surface area contributed by atoms with Gasteiger partial charge in [0.05, 0.1) is 16.4 Å². The highest BCUT2D eigenvalue weighted by Crippen LogP contribution is 2.42. The van der Waals surface area contributed by atoms with Gasteiger partial charge in [0.15, 0.2) is 0 Å². The van der Waals surface area contributed by atoms with Gasteiger partial charge < -0.3 is 0 Å². The molecule has 0 aliphatic heterocycles. The Morgan fingerprint density at radius 3 is 2.66 bits per heavy atom. The van der Waals surface area contributed by atoms with Crippen molar-refractivity contribution in [3.8, 4) is 11.3 Å². The number of fused-ring (bicyclic) bond motifs is 2. The third-order valence-electron chi connectivity index (χ3n) is 4.87. The normalized spacial score (nSPS) is 14.3. The van der Waals surface area contributed by atoms with Gasteiger partial charge in [0.2, 0.25) is 10.1 Å². The van der Waals surface area contributed by atoms with Crippen LogP contribution in [0.5, 0.6) is 0 Å². The predicted molar refractivity (Wildman–Crippen MR) is 119 cm³/mol. The number of para-hydroxylation sites is 1. The van der Waals surface area contributed by atoms with E-state index >= 15 is 0 Å². The third kappa shape index (κ3) is 3.10. The molecule has 0 unspecified atom stereocenters. The van der Waals surface area contributed by atoms with Crippen LogP contribution in [0.1, 0.15) is 29.5 Å². The number of aromatic nitrogens is 4. The smallest absolute Gasteiger partial charge is 0.213 e. The maximum atomic E-state index is 4.86. The summed E-state index contributed by atoms with van der Waals surface area (Å²) in [6.45, 7) is 0. The quantitative estimate of drug-likeness (QED) is 0.308. The summed E-state index contributed by atoms with van der Waals surface area (Å²) in [6.07, 6.45) is 4.25. The van der Waals surface area contributed by atoms with Crippen LogP contribution in [-0.4, -0.2) is 25.8 Å². The van der Waals surface area contributed by atoms with Crippen molar-refractivity contribution in [1.82, 2.24) is 19.6 Å². The Kier molecular flexibility index (Phi) is 3.92. The monoisotopic (exact) mass is 416 g/mol. The van der Waals surface area contributed by atoms with E-state index in [-0.39, 0.29) is 0 Å². The Balaban J connectivity index is 1.38. The van der Waals surface area contributed by atoms with E-state index in [2.05, 4.69) is 33.7 Å². The van der Waals surface area contributed by atoms with Gasteiger partial charge >= 0.3 is 0 Å². The number of benzene rings is 2. The van der Waals surface area contributed by atoms with Crippen molar-refractivity contribution < 1.29 is 0 Å². The summed E-state index contributed by atoms with van der Waals surface area (Å²) in [5.41, 5.74) is 6.86. The van der Waals surface area contributed by atoms with E-state index in [1.54, 1.807) is 28.9 Å². The van der Waals surface area contributed by atoms with Crippen LogP contribution in [0.4, 0.5) is 5.13 Å². The summed E-state index contributed by atoms with van der Waals surface area (Å²) in [4.78, 5) is 10.3. The molecule has 6 nitrogen and oxygen atoms in total. The largest absolute Gasteiger partial charge is 0.253 e. The molecule has 8 heteroatoms. The van der Waals surface area contributed by atoms with Crippen LogP contribution in [-0.2, 0) is 0 Å². The minimum absolute atomic E-state index is 0.604. The van der Waals surface area contributed by atoms with Gasteiger partial charge in [0.25, 0.3) is 0 Å². The number of nitrogens with one attached hydrogen (secondary N) is 1. The third-order valence-corrected chi connectivity index (χ3v) is 6.88. The van der Waals surface area contributed by atoms with Crippen LogP contribution < -0.4 is 5.43 Å². The highest BCUT2D eigenvalue weighted by atomic mass is 32.1. The molecule has 1 saturated carbocycles. The van der Waals surface area contributed by atoms with Crippen LogP contribution in [0, 0.1) is 0 Å². The Bertz CT molecular complexity index is 1310. The van der Waals surface area contributed by atoms with Gasteiger partial charge in [-0.05, 0) is 25.0 Å². The molecule has 3 heterocycles. The molecule has 2 aromatic carbocycles. The van der Waals surface area contributed by atoms with Crippen LogP contribution >= 0.6 is 22.7 Å². The first-order chi connectivity index (χ1) is 14.3. The summed E-state index contributed by atoms with van der Waals surface area (Å²) in [7, 11) is 0. The van der Waals surface area contributed by atoms with E-state index < -0.39 is 0 Å². The lowest BCUT2D eigenvalue weighted by Gasteiger charge is -1.99. The average Bonchev–Trinajstić information content (AvgIpc) is 3.25. The highest BCUT2D eigenvalue weighted by molar-refractivity contribution is 7.22. The molecule has 1 fully saturated rings. The summed E-state index contributed by atoms with van der Waals surface area (Å²) >= 11 is 3.26. The summed E-state index contributed by atoms with van der Waals surface area (Å²) in [5, 5.41) is 11.2. The molecular weight excluding hydrogens is 400 g/mol. The molecule has 0 atom stereocenters. The molecule has 1 aliphatic rings. The number of hydrogen-bond acceptors (Lipinski definition) is 7. The predicted octanol–water partition coefficient (Wildman–Crippen LogP) is 5.39. The number of nitrogens with zero attached hydrogens (tertiary/aromatic N) is 5. The number of hydrogen-bond donors (Lipinski definition) is 1. The minimum Gasteiger partial charge on any atom is -0.253 e. The molecular formula is C21H16N6S2. The lowest BCUT2D eigenvalue weighted by molar-refractivity contribution is 0.899. The highest BCUT2D eigenvalue weighted by Gasteiger charge is 2.29. The summed E-state index contributed by atoms with van der Waals surface area (Å²) in [5.74, 6) is 0.604. The van der Waals surface area contributed by atoms with Crippen molar-refractivity contribution in [1.29, 1.82) is 0 Å². The van der Waals surface area contributed by atoms with E-state index in [1.165, 1.54) is 17.8 Å². The Hall–Kier alpha value is -3.10. The minimum atomic E-state index is 0.604. The molecule has 5 aromatic rings. The SMILES string of the molecule is C(=N/Nc1nc2ccccc2s1)/c1c(-c2ccccc2)nc2sc(C3CC3)nn12. The second kappa shape index (κ2) is 6.75. The first-order valence-corrected chi connectivity index (χ1v) is 11.1. The Morgan fingerprint density at radius 2 is 1.83 bits per heavy atom. The fourth-order valence-electron chi connectivity index (χ4n) is 3.27. The van der Waals surface area contributed by atoms with E-state index in [1.807, 2.05) is 40.9 Å². The first-order valence-electron chi connectivity index (χ1n) is 9.45. The summed E-state index contributed by atoms with van der Waals surface area (Å²) in [6, 6.07) is 18.2. The standard InChI is InChI=1S/C21H16N6S2/c1-2-6-13(7-3-1)18-16(27-21(24-18)29-19(26-27)14-10-11-14)12-22-25-20-23-15-8-4-5-9-17(15)28-20/h1-9,12,14H,10-11H2,(H,23,25)/b22-12-. The second-order valence-electron chi connectivity index (χ2n) is 6.98. The molecule has 6 rings (SSSR count). The van der Waals surface area contributed by atoms with E-state index in [4.69, 9.17) is 10.1 Å². The number of hydrazone groups is 1. The summed E-state index contributed by atoms with van der Waals surface area (Å²) < 4.78 is 3.06. The molecule has 1 aliphatic carbocycles. The van der Waals surface area contributed by atoms with Crippen LogP contribution in [0.15, 0.2) is 59.7 Å². The van der Waals surface area contributed by atoms with Crippen LogP contribution in [0.25, 0.3) is 26.4 Å². The Labute approximate surface area is 174 Å². The van der Waals surface area contributed by atoms with E-state index in [9.17, 15) is 0 Å². The van der Waals surface area contributed by atoms with Crippen molar-refractivity contribution in [3.63, 3.8) is 0 Å². The zero-order chi connectivity index (χ0) is 19.2. The van der Waals surface area contributed by atoms with Crippen LogP contribution in [0.3, 0.4) is 0 Å². The maximum Gasteiger partial charge on any atom is 0.213 e. The van der Waals surface area contributed by atoms with Crippen molar-refractivity contribution in [2.75, 3.05) is 5.43 Å². The number of anilines is 1. The fourth-order valence-corrected chi connectivity index (χ4v) is 5.16. The van der Waals surface area contributed by atoms with Gasteiger partial charge in [-0.3, -0.25) is 5.43 Å². The molecule has 3 aromatic heterocycles. The lowest BCUT2D eigenvalue weighted by Crippen LogP contribution is -1.98. The molecule has 1 N–H and O–H groups in total. The van der Waals surface area contributed by atoms with Crippen molar-refractivity contribution in [3.05, 3.63) is 65.3 Å². The average molecular weight is 417 g/mol. The molecule has 0 amide bonds. The molecule has 0 spiro atoms. The van der Waals surface area contributed by atoms with E-state index in [0.717, 1.165) is 37.3 Å². The number of rotatable bonds is 5. The molecule has 0 saturated heterocycles. The van der Waals surface area contributed by atoms with Gasteiger partial charge in [-0.2, -0.15) is 10.2 Å². The lowest BCUT2D eigenvalue weighted by atomic mass is 10.1. The fraction of sp³-hybridized carbons (Fsp3) is 0.143. The molecule has 142 valence electrons. The van der Waals surface area contributed by atoms with Gasteiger partial charge in [-0.15, -0.1) is 0 Å². The van der Waals surface area contributed by atoms with Crippen molar-refractivity contribution in [2.24, 2.45) is 5.10 Å². The Morgan fingerprint density at radius 1 is 1.00 bits per heavy atom.